The van der Waals surface area contributed by atoms with E-state index in [1.165, 1.54) is 0 Å². The SMILES string of the molecule is CN1CCCC(O)(C#CCO)C1c1ccccc1. The molecule has 1 aliphatic heterocycles. The Morgan fingerprint density at radius 3 is 2.78 bits per heavy atom. The zero-order chi connectivity index (χ0) is 13.0. The molecule has 0 aromatic heterocycles. The Labute approximate surface area is 108 Å². The molecule has 96 valence electrons. The summed E-state index contributed by atoms with van der Waals surface area (Å²) >= 11 is 0. The Balaban J connectivity index is 2.38. The minimum Gasteiger partial charge on any atom is -0.384 e. The highest BCUT2D eigenvalue weighted by molar-refractivity contribution is 5.30. The molecule has 0 bridgehead atoms. The number of hydrogen-bond donors (Lipinski definition) is 2. The van der Waals surface area contributed by atoms with Gasteiger partial charge < -0.3 is 10.2 Å². The number of rotatable bonds is 1. The van der Waals surface area contributed by atoms with E-state index in [2.05, 4.69) is 16.7 Å². The summed E-state index contributed by atoms with van der Waals surface area (Å²) in [7, 11) is 2.00. The van der Waals surface area contributed by atoms with Gasteiger partial charge in [-0.25, -0.2) is 0 Å². The lowest BCUT2D eigenvalue weighted by molar-refractivity contribution is -0.0302. The lowest BCUT2D eigenvalue weighted by Gasteiger charge is -2.43. The van der Waals surface area contributed by atoms with Crippen LogP contribution in [-0.2, 0) is 0 Å². The molecule has 2 rings (SSSR count). The van der Waals surface area contributed by atoms with Crippen molar-refractivity contribution in [2.24, 2.45) is 0 Å². The van der Waals surface area contributed by atoms with E-state index in [1.54, 1.807) is 0 Å². The Hall–Kier alpha value is -1.34. The van der Waals surface area contributed by atoms with Crippen LogP contribution in [0.3, 0.4) is 0 Å². The number of hydrogen-bond acceptors (Lipinski definition) is 3. The molecule has 1 aromatic carbocycles. The molecule has 1 saturated heterocycles. The number of aliphatic hydroxyl groups excluding tert-OH is 1. The van der Waals surface area contributed by atoms with E-state index in [-0.39, 0.29) is 12.6 Å². The van der Waals surface area contributed by atoms with Gasteiger partial charge in [-0.15, -0.1) is 0 Å². The van der Waals surface area contributed by atoms with E-state index < -0.39 is 5.60 Å². The molecule has 3 heteroatoms. The van der Waals surface area contributed by atoms with Crippen molar-refractivity contribution in [3.63, 3.8) is 0 Å². The maximum absolute atomic E-state index is 10.8. The van der Waals surface area contributed by atoms with E-state index in [4.69, 9.17) is 5.11 Å². The van der Waals surface area contributed by atoms with Crippen molar-refractivity contribution < 1.29 is 10.2 Å². The predicted octanol–water partition coefficient (Wildman–Crippen LogP) is 1.18. The molecule has 2 unspecified atom stereocenters. The molecule has 1 aromatic rings. The van der Waals surface area contributed by atoms with Crippen LogP contribution in [0.15, 0.2) is 30.3 Å². The standard InChI is InChI=1S/C15H19NO2/c1-16-11-5-9-15(18,10-6-12-17)14(16)13-7-3-2-4-8-13/h2-4,7-8,14,17-18H,5,9,11-12H2,1H3. The van der Waals surface area contributed by atoms with Gasteiger partial charge in [0.1, 0.15) is 12.2 Å². The third-order valence-corrected chi connectivity index (χ3v) is 3.46. The maximum atomic E-state index is 10.8. The first-order valence-electron chi connectivity index (χ1n) is 6.26. The quantitative estimate of drug-likeness (QED) is 0.730. The molecule has 2 N–H and O–H groups in total. The van der Waals surface area contributed by atoms with Crippen molar-refractivity contribution in [3.05, 3.63) is 35.9 Å². The summed E-state index contributed by atoms with van der Waals surface area (Å²) < 4.78 is 0. The molecule has 0 radical (unpaired) electrons. The largest absolute Gasteiger partial charge is 0.384 e. The number of likely N-dealkylation sites (N-methyl/N-ethyl adjacent to an activating group) is 1. The monoisotopic (exact) mass is 245 g/mol. The normalized spacial score (nSPS) is 28.5. The Morgan fingerprint density at radius 1 is 1.39 bits per heavy atom. The number of likely N-dealkylation sites (tertiary alicyclic amines) is 1. The summed E-state index contributed by atoms with van der Waals surface area (Å²) in [5, 5.41) is 19.6. The van der Waals surface area contributed by atoms with Crippen LogP contribution >= 0.6 is 0 Å². The third kappa shape index (κ3) is 2.56. The molecule has 0 aliphatic carbocycles. The number of aliphatic hydroxyl groups is 2. The van der Waals surface area contributed by atoms with Crippen LogP contribution in [0.1, 0.15) is 24.4 Å². The van der Waals surface area contributed by atoms with E-state index in [1.807, 2.05) is 37.4 Å². The average molecular weight is 245 g/mol. The fraction of sp³-hybridized carbons (Fsp3) is 0.467. The highest BCUT2D eigenvalue weighted by Crippen LogP contribution is 2.37. The van der Waals surface area contributed by atoms with Crippen LogP contribution in [0.25, 0.3) is 0 Å². The minimum absolute atomic E-state index is 0.133. The number of piperidine rings is 1. The lowest BCUT2D eigenvalue weighted by Crippen LogP contribution is -2.48. The van der Waals surface area contributed by atoms with Gasteiger partial charge in [-0.05, 0) is 32.0 Å². The predicted molar refractivity (Wildman–Crippen MR) is 70.9 cm³/mol. The van der Waals surface area contributed by atoms with Gasteiger partial charge >= 0.3 is 0 Å². The molecule has 0 saturated carbocycles. The maximum Gasteiger partial charge on any atom is 0.145 e. The average Bonchev–Trinajstić information content (AvgIpc) is 2.37. The smallest absolute Gasteiger partial charge is 0.145 e. The zero-order valence-electron chi connectivity index (χ0n) is 10.6. The second-order valence-electron chi connectivity index (χ2n) is 4.78. The van der Waals surface area contributed by atoms with E-state index in [9.17, 15) is 5.11 Å². The molecule has 0 amide bonds. The summed E-state index contributed by atoms with van der Waals surface area (Å²) in [6.07, 6.45) is 1.56. The van der Waals surface area contributed by atoms with Gasteiger partial charge in [0.15, 0.2) is 0 Å². The van der Waals surface area contributed by atoms with Crippen molar-refractivity contribution in [1.82, 2.24) is 4.90 Å². The van der Waals surface area contributed by atoms with Gasteiger partial charge in [0.05, 0.1) is 6.04 Å². The fourth-order valence-electron chi connectivity index (χ4n) is 2.72. The second kappa shape index (κ2) is 5.53. The van der Waals surface area contributed by atoms with Crippen LogP contribution in [0.5, 0.6) is 0 Å². The summed E-state index contributed by atoms with van der Waals surface area (Å²) in [5.74, 6) is 5.45. The van der Waals surface area contributed by atoms with Crippen LogP contribution in [-0.4, -0.2) is 40.9 Å². The molecule has 18 heavy (non-hydrogen) atoms. The van der Waals surface area contributed by atoms with Crippen LogP contribution < -0.4 is 0 Å². The Bertz CT molecular complexity index is 449. The molecule has 1 heterocycles. The summed E-state index contributed by atoms with van der Waals surface area (Å²) in [6, 6.07) is 9.79. The molecule has 0 spiro atoms. The van der Waals surface area contributed by atoms with Crippen molar-refractivity contribution in [1.29, 1.82) is 0 Å². The molecule has 2 atom stereocenters. The first-order valence-corrected chi connectivity index (χ1v) is 6.26. The van der Waals surface area contributed by atoms with Gasteiger partial charge in [-0.3, -0.25) is 4.90 Å². The molecular formula is C15H19NO2. The van der Waals surface area contributed by atoms with Crippen molar-refractivity contribution in [2.45, 2.75) is 24.5 Å². The second-order valence-corrected chi connectivity index (χ2v) is 4.78. The van der Waals surface area contributed by atoms with E-state index in [0.29, 0.717) is 6.42 Å². The van der Waals surface area contributed by atoms with Crippen LogP contribution in [0, 0.1) is 11.8 Å². The van der Waals surface area contributed by atoms with Gasteiger partial charge in [0.2, 0.25) is 0 Å². The summed E-state index contributed by atoms with van der Waals surface area (Å²) in [4.78, 5) is 2.13. The van der Waals surface area contributed by atoms with Crippen LogP contribution in [0.2, 0.25) is 0 Å². The van der Waals surface area contributed by atoms with E-state index in [0.717, 1.165) is 18.5 Å². The number of benzene rings is 1. The minimum atomic E-state index is -1.07. The highest BCUT2D eigenvalue weighted by atomic mass is 16.3. The Morgan fingerprint density at radius 2 is 2.11 bits per heavy atom. The van der Waals surface area contributed by atoms with Crippen molar-refractivity contribution >= 4 is 0 Å². The molecule has 3 nitrogen and oxygen atoms in total. The summed E-state index contributed by atoms with van der Waals surface area (Å²) in [5.41, 5.74) is -0.00804. The fourth-order valence-corrected chi connectivity index (χ4v) is 2.72. The van der Waals surface area contributed by atoms with E-state index >= 15 is 0 Å². The zero-order valence-corrected chi connectivity index (χ0v) is 10.6. The first-order chi connectivity index (χ1) is 8.67. The van der Waals surface area contributed by atoms with Gasteiger partial charge in [-0.1, -0.05) is 42.2 Å². The molecule has 1 fully saturated rings. The Kier molecular flexibility index (Phi) is 4.03. The van der Waals surface area contributed by atoms with Crippen molar-refractivity contribution in [3.8, 4) is 11.8 Å². The summed E-state index contributed by atoms with van der Waals surface area (Å²) in [6.45, 7) is 0.732. The molecular weight excluding hydrogens is 226 g/mol. The highest BCUT2D eigenvalue weighted by Gasteiger charge is 2.41. The first kappa shape index (κ1) is 13.1. The van der Waals surface area contributed by atoms with Crippen molar-refractivity contribution in [2.75, 3.05) is 20.2 Å². The molecule has 1 aliphatic rings. The topological polar surface area (TPSA) is 43.7 Å². The van der Waals surface area contributed by atoms with Gasteiger partial charge in [0, 0.05) is 0 Å². The van der Waals surface area contributed by atoms with Crippen LogP contribution in [0.4, 0.5) is 0 Å². The number of nitrogens with zero attached hydrogens (tertiary/aromatic N) is 1. The lowest BCUT2D eigenvalue weighted by atomic mass is 9.81. The van der Waals surface area contributed by atoms with Gasteiger partial charge in [-0.2, -0.15) is 0 Å². The van der Waals surface area contributed by atoms with Gasteiger partial charge in [0.25, 0.3) is 0 Å². The third-order valence-electron chi connectivity index (χ3n) is 3.46.